The summed E-state index contributed by atoms with van der Waals surface area (Å²) in [6.45, 7) is 1.31. The molecule has 0 fully saturated rings. The molecule has 0 saturated heterocycles. The number of amides is 1. The number of nitrogens with two attached hydrogens (primary N) is 1. The van der Waals surface area contributed by atoms with Gasteiger partial charge >= 0.3 is 6.36 Å². The highest BCUT2D eigenvalue weighted by Crippen LogP contribution is 2.40. The molecule has 0 aliphatic carbocycles. The molecule has 3 aromatic rings. The monoisotopic (exact) mass is 504 g/mol. The van der Waals surface area contributed by atoms with Gasteiger partial charge in [-0.1, -0.05) is 0 Å². The highest BCUT2D eigenvalue weighted by molar-refractivity contribution is 7.92. The van der Waals surface area contributed by atoms with Crippen molar-refractivity contribution >= 4 is 15.7 Å². The summed E-state index contributed by atoms with van der Waals surface area (Å²) in [5, 5.41) is -2.22. The van der Waals surface area contributed by atoms with E-state index in [9.17, 15) is 39.6 Å². The zero-order valence-electron chi connectivity index (χ0n) is 17.0. The van der Waals surface area contributed by atoms with E-state index in [-0.39, 0.29) is 16.8 Å². The fraction of sp³-hybridized carbons (Fsp3) is 0.143. The number of benzene rings is 2. The van der Waals surface area contributed by atoms with Crippen LogP contribution in [0.15, 0.2) is 53.6 Å². The maximum Gasteiger partial charge on any atom is 0.573 e. The molecule has 0 saturated carbocycles. The van der Waals surface area contributed by atoms with Crippen LogP contribution in [-0.4, -0.2) is 25.7 Å². The minimum atomic E-state index is -5.04. The van der Waals surface area contributed by atoms with Gasteiger partial charge in [-0.25, -0.2) is 21.6 Å². The topological polar surface area (TPSA) is 99.4 Å². The van der Waals surface area contributed by atoms with Crippen LogP contribution in [0, 0.1) is 24.4 Å². The molecule has 1 heterocycles. The molecular weight excluding hydrogens is 490 g/mol. The van der Waals surface area contributed by atoms with E-state index in [1.807, 2.05) is 0 Å². The van der Waals surface area contributed by atoms with Gasteiger partial charge in [-0.15, -0.1) is 13.2 Å². The number of rotatable bonds is 6. The lowest BCUT2D eigenvalue weighted by Crippen LogP contribution is -2.21. The van der Waals surface area contributed by atoms with Crippen LogP contribution in [0.5, 0.6) is 5.75 Å². The molecule has 0 radical (unpaired) electrons. The van der Waals surface area contributed by atoms with Gasteiger partial charge < -0.3 is 10.5 Å². The molecule has 0 bridgehead atoms. The quantitative estimate of drug-likeness (QED) is 0.397. The number of pyridine rings is 1. The number of hydrogen-bond donors (Lipinski definition) is 1. The Morgan fingerprint density at radius 1 is 1.03 bits per heavy atom. The van der Waals surface area contributed by atoms with Crippen LogP contribution in [-0.2, 0) is 9.84 Å². The average Bonchev–Trinajstić information content (AvgIpc) is 2.73. The lowest BCUT2D eigenvalue weighted by atomic mass is 10.00. The van der Waals surface area contributed by atoms with Crippen molar-refractivity contribution in [2.24, 2.45) is 5.73 Å². The van der Waals surface area contributed by atoms with E-state index in [1.54, 1.807) is 0 Å². The molecular formula is C21H14F6N2O4S. The summed E-state index contributed by atoms with van der Waals surface area (Å²) in [6, 6.07) is 4.92. The van der Waals surface area contributed by atoms with Gasteiger partial charge in [0.05, 0.1) is 4.90 Å². The molecule has 1 unspecified atom stereocenters. The smallest absolute Gasteiger partial charge is 0.406 e. The summed E-state index contributed by atoms with van der Waals surface area (Å²) >= 11 is 0. The predicted octanol–water partition coefficient (Wildman–Crippen LogP) is 4.37. The molecule has 2 N–H and O–H groups in total. The number of aryl methyl sites for hydroxylation is 1. The fourth-order valence-corrected chi connectivity index (χ4v) is 5.10. The van der Waals surface area contributed by atoms with Crippen molar-refractivity contribution in [2.75, 3.05) is 0 Å². The van der Waals surface area contributed by atoms with Crippen molar-refractivity contribution in [3.8, 4) is 5.75 Å². The molecule has 180 valence electrons. The number of hydrogen-bond acceptors (Lipinski definition) is 5. The van der Waals surface area contributed by atoms with E-state index < -0.39 is 61.0 Å². The molecule has 0 spiro atoms. The average molecular weight is 504 g/mol. The lowest BCUT2D eigenvalue weighted by Gasteiger charge is -2.22. The molecule has 6 nitrogen and oxygen atoms in total. The first kappa shape index (κ1) is 25.0. The van der Waals surface area contributed by atoms with Gasteiger partial charge in [0, 0.05) is 11.8 Å². The Morgan fingerprint density at radius 3 is 2.15 bits per heavy atom. The van der Waals surface area contributed by atoms with Crippen molar-refractivity contribution in [3.05, 3.63) is 88.5 Å². The second-order valence-corrected chi connectivity index (χ2v) is 9.02. The third-order valence-corrected chi connectivity index (χ3v) is 6.76. The summed E-state index contributed by atoms with van der Waals surface area (Å²) in [5.74, 6) is -6.43. The Kier molecular flexibility index (Phi) is 6.60. The van der Waals surface area contributed by atoms with E-state index in [1.165, 1.54) is 6.92 Å². The molecule has 1 atom stereocenters. The Hall–Kier alpha value is -3.61. The number of carbonyl (C=O) groups is 1. The number of sulfone groups is 1. The maximum atomic E-state index is 14.7. The number of carbonyl (C=O) groups excluding carboxylic acids is 1. The Labute approximate surface area is 188 Å². The van der Waals surface area contributed by atoms with E-state index >= 15 is 0 Å². The van der Waals surface area contributed by atoms with Crippen molar-refractivity contribution < 1.29 is 44.3 Å². The van der Waals surface area contributed by atoms with Crippen molar-refractivity contribution in [1.29, 1.82) is 0 Å². The molecule has 34 heavy (non-hydrogen) atoms. The van der Waals surface area contributed by atoms with Crippen LogP contribution in [0.2, 0.25) is 0 Å². The normalized spacial score (nSPS) is 12.9. The van der Waals surface area contributed by atoms with Crippen LogP contribution in [0.4, 0.5) is 26.3 Å². The predicted molar refractivity (Wildman–Crippen MR) is 106 cm³/mol. The SMILES string of the molecule is Cc1cc(C(N)=O)ncc1C(c1c(F)ccc(F)c1F)S(=O)(=O)c1ccc(OC(F)(F)F)cc1. The molecule has 3 rings (SSSR count). The number of ether oxygens (including phenoxy) is 1. The Bertz CT molecular complexity index is 1360. The third kappa shape index (κ3) is 4.98. The molecule has 0 aliphatic heterocycles. The first-order chi connectivity index (χ1) is 15.7. The van der Waals surface area contributed by atoms with Crippen molar-refractivity contribution in [2.45, 2.75) is 23.4 Å². The van der Waals surface area contributed by atoms with Crippen LogP contribution in [0.3, 0.4) is 0 Å². The minimum Gasteiger partial charge on any atom is -0.406 e. The highest BCUT2D eigenvalue weighted by Gasteiger charge is 2.38. The first-order valence-electron chi connectivity index (χ1n) is 9.22. The van der Waals surface area contributed by atoms with E-state index in [0.29, 0.717) is 24.3 Å². The largest absolute Gasteiger partial charge is 0.573 e. The van der Waals surface area contributed by atoms with E-state index in [2.05, 4.69) is 9.72 Å². The molecule has 1 aromatic heterocycles. The summed E-state index contributed by atoms with van der Waals surface area (Å²) in [7, 11) is -4.82. The number of primary amides is 1. The van der Waals surface area contributed by atoms with Crippen LogP contribution in [0.25, 0.3) is 0 Å². The second-order valence-electron chi connectivity index (χ2n) is 6.99. The zero-order chi connectivity index (χ0) is 25.4. The fourth-order valence-electron chi connectivity index (χ4n) is 3.20. The molecule has 1 amide bonds. The van der Waals surface area contributed by atoms with Crippen molar-refractivity contribution in [3.63, 3.8) is 0 Å². The van der Waals surface area contributed by atoms with Gasteiger partial charge in [0.1, 0.15) is 22.5 Å². The summed E-state index contributed by atoms with van der Waals surface area (Å²) in [5.41, 5.74) is 3.41. The summed E-state index contributed by atoms with van der Waals surface area (Å²) in [6.07, 6.45) is -4.19. The Balaban J connectivity index is 2.24. The van der Waals surface area contributed by atoms with Crippen LogP contribution in [0.1, 0.15) is 32.4 Å². The van der Waals surface area contributed by atoms with Crippen LogP contribution < -0.4 is 10.5 Å². The highest BCUT2D eigenvalue weighted by atomic mass is 32.2. The number of nitrogens with zero attached hydrogens (tertiary/aromatic N) is 1. The van der Waals surface area contributed by atoms with Crippen molar-refractivity contribution in [1.82, 2.24) is 4.98 Å². The van der Waals surface area contributed by atoms with Crippen LogP contribution >= 0.6 is 0 Å². The first-order valence-corrected chi connectivity index (χ1v) is 10.8. The molecule has 2 aromatic carbocycles. The van der Waals surface area contributed by atoms with E-state index in [4.69, 9.17) is 5.73 Å². The number of alkyl halides is 3. The minimum absolute atomic E-state index is 0.0254. The van der Waals surface area contributed by atoms with Gasteiger partial charge in [-0.05, 0) is 60.5 Å². The number of aromatic nitrogens is 1. The van der Waals surface area contributed by atoms with Gasteiger partial charge in [0.15, 0.2) is 21.5 Å². The maximum absolute atomic E-state index is 14.7. The summed E-state index contributed by atoms with van der Waals surface area (Å²) < 4.78 is 111. The van der Waals surface area contributed by atoms with Gasteiger partial charge in [-0.3, -0.25) is 9.78 Å². The molecule has 0 aliphatic rings. The van der Waals surface area contributed by atoms with E-state index in [0.717, 1.165) is 24.4 Å². The summed E-state index contributed by atoms with van der Waals surface area (Å²) in [4.78, 5) is 14.4. The molecule has 13 heteroatoms. The Morgan fingerprint density at radius 2 is 1.62 bits per heavy atom. The number of halogens is 6. The van der Waals surface area contributed by atoms with Gasteiger partial charge in [0.25, 0.3) is 5.91 Å². The second kappa shape index (κ2) is 8.97. The third-order valence-electron chi connectivity index (χ3n) is 4.72. The standard InChI is InChI=1S/C21H14F6N2O4S/c1-10-8-16(20(28)30)29-9-13(10)19(17-14(22)6-7-15(23)18(17)24)34(31,32)12-4-2-11(3-5-12)33-21(25,26)27/h2-9,19H,1H3,(H2,28,30). The van der Waals surface area contributed by atoms with Gasteiger partial charge in [0.2, 0.25) is 0 Å². The zero-order valence-corrected chi connectivity index (χ0v) is 17.8. The van der Waals surface area contributed by atoms with Gasteiger partial charge in [-0.2, -0.15) is 0 Å². The lowest BCUT2D eigenvalue weighted by molar-refractivity contribution is -0.274.